The largest absolute Gasteiger partial charge is 0.506 e. The highest BCUT2D eigenvalue weighted by Crippen LogP contribution is 2.15. The number of nitrogens with zero attached hydrogens (tertiary/aromatic N) is 1. The average molecular weight is 420 g/mol. The lowest BCUT2D eigenvalue weighted by Crippen LogP contribution is -2.06. The fourth-order valence-corrected chi connectivity index (χ4v) is 2.07. The summed E-state index contributed by atoms with van der Waals surface area (Å²) in [6, 6.07) is 8.81. The SMILES string of the molecule is C=C=C=C.C=C=C=C=C=C=C=C.Cc1ccc2oc(=O)c(/C=C(\O)c3ccc[nH]3)nc2c1. The number of fused-ring (bicyclic) bond motifs is 1. The molecule has 0 bridgehead atoms. The summed E-state index contributed by atoms with van der Waals surface area (Å²) >= 11 is 0. The van der Waals surface area contributed by atoms with Gasteiger partial charge in [0.1, 0.15) is 11.3 Å². The molecule has 1 aromatic carbocycles. The average Bonchev–Trinajstić information content (AvgIpc) is 3.33. The molecular weight excluding hydrogens is 400 g/mol. The number of hydrogen-bond acceptors (Lipinski definition) is 4. The zero-order valence-corrected chi connectivity index (χ0v) is 17.6. The second-order valence-corrected chi connectivity index (χ2v) is 5.68. The van der Waals surface area contributed by atoms with Gasteiger partial charge < -0.3 is 14.5 Å². The maximum atomic E-state index is 11.8. The fraction of sp³-hybridized carbons (Fsp3) is 0.0370. The van der Waals surface area contributed by atoms with E-state index in [1.807, 2.05) is 19.1 Å². The van der Waals surface area contributed by atoms with E-state index in [1.54, 1.807) is 24.4 Å². The number of aromatic nitrogens is 2. The number of aliphatic hydroxyl groups excluding tert-OH is 1. The van der Waals surface area contributed by atoms with Gasteiger partial charge in [-0.1, -0.05) is 29.0 Å². The minimum Gasteiger partial charge on any atom is -0.506 e. The van der Waals surface area contributed by atoms with Crippen LogP contribution in [-0.2, 0) is 0 Å². The number of rotatable bonds is 2. The molecule has 0 fully saturated rings. The zero-order valence-electron chi connectivity index (χ0n) is 17.6. The molecule has 2 N–H and O–H groups in total. The second kappa shape index (κ2) is 14.0. The third-order valence-electron chi connectivity index (χ3n) is 3.40. The molecule has 0 aliphatic heterocycles. The van der Waals surface area contributed by atoms with Crippen molar-refractivity contribution < 1.29 is 9.52 Å². The van der Waals surface area contributed by atoms with Crippen molar-refractivity contribution in [3.8, 4) is 0 Å². The van der Waals surface area contributed by atoms with E-state index in [2.05, 4.69) is 82.1 Å². The molecular formula is C27H20N2O3. The Morgan fingerprint density at radius 2 is 1.69 bits per heavy atom. The Morgan fingerprint density at radius 1 is 1.03 bits per heavy atom. The van der Waals surface area contributed by atoms with E-state index >= 15 is 0 Å². The van der Waals surface area contributed by atoms with Gasteiger partial charge in [0.05, 0.1) is 5.69 Å². The number of nitrogens with one attached hydrogen (secondary N) is 1. The molecule has 0 radical (unpaired) electrons. The maximum absolute atomic E-state index is 11.8. The number of aryl methyl sites for hydroxylation is 1. The van der Waals surface area contributed by atoms with Crippen LogP contribution in [-0.4, -0.2) is 15.1 Å². The van der Waals surface area contributed by atoms with Gasteiger partial charge in [-0.3, -0.25) is 0 Å². The van der Waals surface area contributed by atoms with Gasteiger partial charge in [0.25, 0.3) is 0 Å². The zero-order chi connectivity index (χ0) is 23.8. The third kappa shape index (κ3) is 8.50. The molecule has 156 valence electrons. The smallest absolute Gasteiger partial charge is 0.362 e. The molecule has 5 heteroatoms. The van der Waals surface area contributed by atoms with E-state index in [9.17, 15) is 9.90 Å². The molecule has 3 rings (SSSR count). The minimum atomic E-state index is -0.584. The molecule has 0 aliphatic carbocycles. The van der Waals surface area contributed by atoms with Crippen LogP contribution in [0, 0.1) is 6.92 Å². The van der Waals surface area contributed by atoms with E-state index in [0.29, 0.717) is 16.8 Å². The summed E-state index contributed by atoms with van der Waals surface area (Å²) < 4.78 is 5.18. The Bertz CT molecular complexity index is 1420. The van der Waals surface area contributed by atoms with Crippen molar-refractivity contribution in [1.29, 1.82) is 0 Å². The minimum absolute atomic E-state index is 0.0650. The lowest BCUT2D eigenvalue weighted by atomic mass is 10.2. The summed E-state index contributed by atoms with van der Waals surface area (Å²) in [5.74, 6) is -0.0678. The summed E-state index contributed by atoms with van der Waals surface area (Å²) in [6.45, 7) is 14.8. The lowest BCUT2D eigenvalue weighted by molar-refractivity contribution is 0.511. The third-order valence-corrected chi connectivity index (χ3v) is 3.40. The van der Waals surface area contributed by atoms with Crippen LogP contribution in [0.25, 0.3) is 22.9 Å². The molecule has 0 spiro atoms. The van der Waals surface area contributed by atoms with E-state index < -0.39 is 5.63 Å². The second-order valence-electron chi connectivity index (χ2n) is 5.68. The van der Waals surface area contributed by atoms with Crippen molar-refractivity contribution in [3.05, 3.63) is 136 Å². The molecule has 32 heavy (non-hydrogen) atoms. The summed E-state index contributed by atoms with van der Waals surface area (Å²) in [4.78, 5) is 18.9. The van der Waals surface area contributed by atoms with Crippen LogP contribution in [0.1, 0.15) is 17.0 Å². The van der Waals surface area contributed by atoms with Gasteiger partial charge in [-0.05, 0) is 86.0 Å². The Morgan fingerprint density at radius 3 is 2.22 bits per heavy atom. The molecule has 0 aliphatic rings. The lowest BCUT2D eigenvalue weighted by Gasteiger charge is -2.00. The number of hydrogen-bond donors (Lipinski definition) is 2. The van der Waals surface area contributed by atoms with Crippen molar-refractivity contribution in [1.82, 2.24) is 9.97 Å². The summed E-state index contributed by atoms with van der Waals surface area (Å²) in [6.07, 6.45) is 2.97. The monoisotopic (exact) mass is 420 g/mol. The number of benzene rings is 1. The highest BCUT2D eigenvalue weighted by Gasteiger charge is 2.08. The van der Waals surface area contributed by atoms with Crippen molar-refractivity contribution in [3.63, 3.8) is 0 Å². The van der Waals surface area contributed by atoms with Crippen LogP contribution in [0.5, 0.6) is 0 Å². The van der Waals surface area contributed by atoms with E-state index in [0.717, 1.165) is 5.56 Å². The fourth-order valence-electron chi connectivity index (χ4n) is 2.07. The predicted molar refractivity (Wildman–Crippen MR) is 127 cm³/mol. The van der Waals surface area contributed by atoms with Crippen molar-refractivity contribution >= 4 is 22.9 Å². The van der Waals surface area contributed by atoms with E-state index in [-0.39, 0.29) is 11.5 Å². The Kier molecular flexibility index (Phi) is 10.9. The van der Waals surface area contributed by atoms with Crippen LogP contribution in [0.3, 0.4) is 0 Å². The highest BCUT2D eigenvalue weighted by molar-refractivity contribution is 5.77. The van der Waals surface area contributed by atoms with Crippen LogP contribution >= 0.6 is 0 Å². The first kappa shape index (κ1) is 24.9. The van der Waals surface area contributed by atoms with Crippen LogP contribution in [0.15, 0.2) is 118 Å². The summed E-state index contributed by atoms with van der Waals surface area (Å²) in [5.41, 5.74) is 21.1. The Balaban J connectivity index is 0.000000357. The van der Waals surface area contributed by atoms with Crippen LogP contribution < -0.4 is 5.63 Å². The quantitative estimate of drug-likeness (QED) is 0.410. The van der Waals surface area contributed by atoms with Gasteiger partial charge >= 0.3 is 5.63 Å². The topological polar surface area (TPSA) is 79.1 Å². The summed E-state index contributed by atoms with van der Waals surface area (Å²) in [5, 5.41) is 9.92. The molecule has 2 heterocycles. The predicted octanol–water partition coefficient (Wildman–Crippen LogP) is 5.73. The molecule has 5 nitrogen and oxygen atoms in total. The highest BCUT2D eigenvalue weighted by atomic mass is 16.4. The molecule has 0 saturated carbocycles. The van der Waals surface area contributed by atoms with E-state index in [1.165, 1.54) is 6.08 Å². The van der Waals surface area contributed by atoms with Crippen molar-refractivity contribution in [2.75, 3.05) is 0 Å². The Hall–Kier alpha value is -5.10. The van der Waals surface area contributed by atoms with Crippen LogP contribution in [0.2, 0.25) is 0 Å². The standard InChI is InChI=1S/C15H12N2O3.C8H4.C4H4/c1-9-4-5-14-11(7-9)17-12(15(19)20-14)8-13(18)10-3-2-6-16-10;1-3-5-7-8-6-4-2;1-3-4-2/h2-8,16,18H,1H3;1-2H2;1-2H2/b13-8-;;. The van der Waals surface area contributed by atoms with Gasteiger partial charge in [-0.15, -0.1) is 0 Å². The Labute approximate surface area is 185 Å². The number of aromatic amines is 1. The molecule has 0 amide bonds. The summed E-state index contributed by atoms with van der Waals surface area (Å²) in [7, 11) is 0. The molecule has 0 saturated heterocycles. The molecule has 2 aromatic heterocycles. The first-order chi connectivity index (χ1) is 15.5. The molecule has 0 unspecified atom stereocenters. The van der Waals surface area contributed by atoms with Crippen molar-refractivity contribution in [2.24, 2.45) is 0 Å². The normalized spacial score (nSPS) is 8.72. The number of aliphatic hydroxyl groups is 1. The van der Waals surface area contributed by atoms with Gasteiger partial charge in [0.2, 0.25) is 0 Å². The first-order valence-electron chi connectivity index (χ1n) is 9.01. The van der Waals surface area contributed by atoms with Gasteiger partial charge in [-0.2, -0.15) is 0 Å². The first-order valence-corrected chi connectivity index (χ1v) is 9.01. The van der Waals surface area contributed by atoms with Crippen molar-refractivity contribution in [2.45, 2.75) is 6.92 Å². The number of H-pyrrole nitrogens is 1. The maximum Gasteiger partial charge on any atom is 0.362 e. The van der Waals surface area contributed by atoms with Gasteiger partial charge in [0, 0.05) is 12.3 Å². The molecule has 3 aromatic rings. The van der Waals surface area contributed by atoms with Gasteiger partial charge in [0.15, 0.2) is 11.3 Å². The molecule has 0 atom stereocenters. The van der Waals surface area contributed by atoms with E-state index in [4.69, 9.17) is 4.42 Å². The van der Waals surface area contributed by atoms with Gasteiger partial charge in [-0.25, -0.2) is 9.78 Å². The van der Waals surface area contributed by atoms with Crippen LogP contribution in [0.4, 0.5) is 0 Å².